The molecule has 16 rings (SSSR count). The summed E-state index contributed by atoms with van der Waals surface area (Å²) >= 11 is 0. The first-order valence-corrected chi connectivity index (χ1v) is 34.6. The van der Waals surface area contributed by atoms with Gasteiger partial charge in [-0.1, -0.05) is 141 Å². The maximum atomic E-state index is 4.84. The second-order valence-electron chi connectivity index (χ2n) is 26.3. The molecule has 0 unspecified atom stereocenters. The normalized spacial score (nSPS) is 12.0. The summed E-state index contributed by atoms with van der Waals surface area (Å²) in [5, 5.41) is 10.4. The van der Waals surface area contributed by atoms with Crippen LogP contribution in [0.15, 0.2) is 195 Å². The molecule has 0 bridgehead atoms. The van der Waals surface area contributed by atoms with Gasteiger partial charge in [-0.05, 0) is 117 Å². The highest BCUT2D eigenvalue weighted by Crippen LogP contribution is 2.39. The highest BCUT2D eigenvalue weighted by Gasteiger charge is 2.31. The number of aromatic nitrogens is 12. The fourth-order valence-corrected chi connectivity index (χ4v) is 15.3. The lowest BCUT2D eigenvalue weighted by molar-refractivity contribution is -0.735. The van der Waals surface area contributed by atoms with Crippen molar-refractivity contribution in [1.29, 1.82) is 0 Å². The van der Waals surface area contributed by atoms with Crippen LogP contribution in [-0.2, 0) is 33.6 Å². The number of rotatable bonds is 3. The second-order valence-corrected chi connectivity index (χ2v) is 31.3. The fraction of sp³-hybridized carbons (Fsp3) is 0.221. The third-order valence-corrected chi connectivity index (χ3v) is 20.5. The van der Waals surface area contributed by atoms with Crippen LogP contribution in [0, 0.1) is 41.5 Å². The molecule has 12 nitrogen and oxygen atoms in total. The lowest BCUT2D eigenvalue weighted by atomic mass is 9.83. The summed E-state index contributed by atoms with van der Waals surface area (Å²) in [4.78, 5) is 18.6. The lowest BCUT2D eigenvalue weighted by Gasteiger charge is -2.21. The molecule has 0 radical (unpaired) electrons. The molecule has 0 aliphatic rings. The molecule has 0 aliphatic carbocycles. The maximum absolute atomic E-state index is 4.84. The summed E-state index contributed by atoms with van der Waals surface area (Å²) in [5.41, 5.74) is 24.4. The quantitative estimate of drug-likeness (QED) is 0.100. The van der Waals surface area contributed by atoms with E-state index in [4.69, 9.17) is 15.0 Å². The van der Waals surface area contributed by atoms with Crippen LogP contribution in [0.5, 0.6) is 0 Å². The van der Waals surface area contributed by atoms with E-state index in [-0.39, 0.29) is 5.41 Å². The minimum Gasteiger partial charge on any atom is -0.262 e. The summed E-state index contributed by atoms with van der Waals surface area (Å²) in [6, 6.07) is 51.6. The van der Waals surface area contributed by atoms with E-state index in [0.717, 1.165) is 22.2 Å². The summed E-state index contributed by atoms with van der Waals surface area (Å²) in [6.07, 6.45) is 15.9. The molecule has 0 atom stereocenters. The zero-order valence-corrected chi connectivity index (χ0v) is 55.8. The van der Waals surface area contributed by atoms with Crippen LogP contribution in [0.25, 0.3) is 110 Å². The number of pyridine rings is 7. The van der Waals surface area contributed by atoms with E-state index in [1.807, 2.05) is 37.1 Å². The first kappa shape index (κ1) is 59.0. The van der Waals surface area contributed by atoms with Gasteiger partial charge >= 0.3 is 0 Å². The SMILES string of the molecule is Cc1c(C)n(C)[n+]2c1c1cccc(C(C)(C)C)c1c1nccc(C)c12.Cc1ccnc2c3c(-c4ccccc4)cccc3c3cc[n+](C)n3c12.Cc1ccnc2c3c([Si](C)(C)C)cccc3c3cc[n+](C)n3c12.Cc1ccncc1-n1cc2ccccc2[n+]1C. The summed E-state index contributed by atoms with van der Waals surface area (Å²) in [7, 11) is 6.90. The van der Waals surface area contributed by atoms with Gasteiger partial charge in [0.1, 0.15) is 44.3 Å². The molecule has 0 amide bonds. The zero-order valence-electron chi connectivity index (χ0n) is 54.8. The number of nitrogens with zero attached hydrogens (tertiary/aromatic N) is 12. The molecule has 11 aromatic heterocycles. The van der Waals surface area contributed by atoms with E-state index < -0.39 is 8.07 Å². The van der Waals surface area contributed by atoms with Crippen molar-refractivity contribution in [2.75, 3.05) is 0 Å². The van der Waals surface area contributed by atoms with Gasteiger partial charge in [-0.3, -0.25) is 15.0 Å². The number of hydrogen-bond donors (Lipinski definition) is 0. The van der Waals surface area contributed by atoms with E-state index in [0.29, 0.717) is 0 Å². The van der Waals surface area contributed by atoms with Crippen LogP contribution in [0.3, 0.4) is 0 Å². The third kappa shape index (κ3) is 9.74. The molecule has 5 aromatic carbocycles. The Morgan fingerprint density at radius 1 is 0.500 bits per heavy atom. The smallest absolute Gasteiger partial charge is 0.262 e. The fourth-order valence-electron chi connectivity index (χ4n) is 13.7. The maximum Gasteiger partial charge on any atom is 0.265 e. The van der Waals surface area contributed by atoms with Crippen molar-refractivity contribution in [3.05, 3.63) is 234 Å². The predicted octanol–water partition coefficient (Wildman–Crippen LogP) is 14.6. The van der Waals surface area contributed by atoms with Crippen LogP contribution in [0.2, 0.25) is 19.6 Å². The third-order valence-electron chi connectivity index (χ3n) is 18.4. The summed E-state index contributed by atoms with van der Waals surface area (Å²) in [6.45, 7) is 27.1. The van der Waals surface area contributed by atoms with E-state index in [9.17, 15) is 0 Å². The summed E-state index contributed by atoms with van der Waals surface area (Å²) < 4.78 is 17.7. The lowest BCUT2D eigenvalue weighted by Crippen LogP contribution is -2.39. The predicted molar refractivity (Wildman–Crippen MR) is 372 cm³/mol. The Labute approximate surface area is 526 Å². The Morgan fingerprint density at radius 2 is 1.06 bits per heavy atom. The molecule has 0 fully saturated rings. The highest BCUT2D eigenvalue weighted by atomic mass is 28.3. The highest BCUT2D eigenvalue weighted by molar-refractivity contribution is 6.90. The first-order valence-electron chi connectivity index (χ1n) is 31.1. The number of fused-ring (bicyclic) bond motifs is 19. The van der Waals surface area contributed by atoms with Crippen LogP contribution in [0.1, 0.15) is 59.8 Å². The van der Waals surface area contributed by atoms with Crippen LogP contribution in [-0.4, -0.2) is 46.4 Å². The van der Waals surface area contributed by atoms with Gasteiger partial charge in [0.2, 0.25) is 11.0 Å². The minimum absolute atomic E-state index is 0.0634. The zero-order chi connectivity index (χ0) is 63.2. The molecule has 0 aliphatic heterocycles. The first-order chi connectivity index (χ1) is 43.1. The molecule has 13 heteroatoms. The Morgan fingerprint density at radius 3 is 1.68 bits per heavy atom. The van der Waals surface area contributed by atoms with Gasteiger partial charge in [0, 0.05) is 81.0 Å². The van der Waals surface area contributed by atoms with Crippen molar-refractivity contribution in [1.82, 2.24) is 38.3 Å². The molecular weight excluding hydrogens is 1120 g/mol. The second kappa shape index (κ2) is 22.6. The van der Waals surface area contributed by atoms with E-state index in [2.05, 4.69) is 310 Å². The molecule has 16 aromatic rings. The number of para-hydroxylation sites is 1. The Kier molecular flexibility index (Phi) is 14.8. The molecule has 0 saturated carbocycles. The molecule has 90 heavy (non-hydrogen) atoms. The van der Waals surface area contributed by atoms with Gasteiger partial charge < -0.3 is 0 Å². The average Bonchev–Trinajstić information content (AvgIpc) is 1.47. The van der Waals surface area contributed by atoms with Crippen molar-refractivity contribution >= 4 is 106 Å². The number of aryl methyl sites for hydroxylation is 9. The number of benzene rings is 5. The van der Waals surface area contributed by atoms with Crippen molar-refractivity contribution in [3.63, 3.8) is 0 Å². The van der Waals surface area contributed by atoms with Crippen molar-refractivity contribution in [2.45, 2.75) is 87.4 Å². The molecular formula is C77H80N12Si+4. The van der Waals surface area contributed by atoms with E-state index >= 15 is 0 Å². The Balaban J connectivity index is 0.000000111. The molecule has 0 saturated heterocycles. The molecule has 0 spiro atoms. The van der Waals surface area contributed by atoms with Gasteiger partial charge in [-0.2, -0.15) is 4.68 Å². The average molecular weight is 1200 g/mol. The molecule has 0 N–H and O–H groups in total. The van der Waals surface area contributed by atoms with Crippen LogP contribution in [0.4, 0.5) is 0 Å². The standard InChI is InChI=1S/C22H18N3.C22H26N3.C19H22N3Si.C14H14N3/c1-15-11-13-23-21-20-17(16-7-4-3-5-8-16)9-6-10-18(20)19-12-14-24(2)25(19)22(15)21;1-13-11-12-23-19-18-16(9-8-10-17(18)22(4,5)6)21-14(2)15(3)24(7)25(21)20(13)19;1-13-9-11-20-18-17-14(7-6-8-16(17)23(3,4)5)15-10-12-21(2)22(15)19(13)18;1-11-7-8-15-9-14(11)17-10-12-5-3-4-6-13(12)16(17)2/h3-14H,1-2H3;8-12H,1-7H3;6-12H,1-5H3;3-10H,1-2H3/q4*+1. The minimum atomic E-state index is -1.47. The Hall–Kier alpha value is -9.98. The Bertz CT molecular complexity index is 5520. The topological polar surface area (TPSA) is 86.0 Å². The van der Waals surface area contributed by atoms with Gasteiger partial charge in [-0.25, -0.2) is 4.98 Å². The molecule has 448 valence electrons. The van der Waals surface area contributed by atoms with Gasteiger partial charge in [-0.15, -0.1) is 27.8 Å². The molecule has 11 heterocycles. The van der Waals surface area contributed by atoms with Gasteiger partial charge in [0.25, 0.3) is 5.52 Å². The van der Waals surface area contributed by atoms with Crippen molar-refractivity contribution < 1.29 is 18.6 Å². The van der Waals surface area contributed by atoms with Gasteiger partial charge in [0.05, 0.1) is 44.0 Å². The largest absolute Gasteiger partial charge is 0.265 e. The number of hydrogen-bond acceptors (Lipinski definition) is 4. The van der Waals surface area contributed by atoms with Crippen LogP contribution < -0.4 is 23.7 Å². The summed E-state index contributed by atoms with van der Waals surface area (Å²) in [5.74, 6) is 0. The van der Waals surface area contributed by atoms with E-state index in [1.165, 1.54) is 132 Å². The van der Waals surface area contributed by atoms with Crippen LogP contribution >= 0.6 is 0 Å². The van der Waals surface area contributed by atoms with E-state index in [1.54, 1.807) is 0 Å². The van der Waals surface area contributed by atoms with Crippen molar-refractivity contribution in [2.24, 2.45) is 28.2 Å². The monoisotopic (exact) mass is 1200 g/mol. The van der Waals surface area contributed by atoms with Crippen molar-refractivity contribution in [3.8, 4) is 16.8 Å². The van der Waals surface area contributed by atoms with Gasteiger partial charge in [0.15, 0.2) is 33.5 Å².